The van der Waals surface area contributed by atoms with Crippen LogP contribution in [0.5, 0.6) is 11.5 Å². The van der Waals surface area contributed by atoms with Gasteiger partial charge in [0.2, 0.25) is 0 Å². The molecule has 2 unspecified atom stereocenters. The lowest BCUT2D eigenvalue weighted by Crippen LogP contribution is -2.04. The van der Waals surface area contributed by atoms with E-state index in [0.29, 0.717) is 13.2 Å². The Hall–Kier alpha value is -2.56. The molecule has 0 spiro atoms. The van der Waals surface area contributed by atoms with E-state index in [4.69, 9.17) is 18.9 Å². The minimum Gasteiger partial charge on any atom is -0.491 e. The van der Waals surface area contributed by atoms with Crippen LogP contribution in [0.1, 0.15) is 24.0 Å². The van der Waals surface area contributed by atoms with Gasteiger partial charge in [-0.2, -0.15) is 0 Å². The highest BCUT2D eigenvalue weighted by atomic mass is 16.6. The van der Waals surface area contributed by atoms with E-state index in [1.54, 1.807) is 0 Å². The predicted octanol–water partition coefficient (Wildman–Crippen LogP) is 4.50. The van der Waals surface area contributed by atoms with E-state index in [9.17, 15) is 0 Å². The minimum absolute atomic E-state index is 0.289. The summed E-state index contributed by atoms with van der Waals surface area (Å²) >= 11 is 0. The first-order chi connectivity index (χ1) is 13.8. The lowest BCUT2D eigenvalue weighted by molar-refractivity contribution is 0.263. The summed E-state index contributed by atoms with van der Waals surface area (Å²) in [7, 11) is 0. The Morgan fingerprint density at radius 1 is 0.643 bits per heavy atom. The first-order valence-corrected chi connectivity index (χ1v) is 9.93. The lowest BCUT2D eigenvalue weighted by Gasteiger charge is -2.16. The maximum Gasteiger partial charge on any atom is 0.119 e. The Kier molecular flexibility index (Phi) is 4.90. The summed E-state index contributed by atoms with van der Waals surface area (Å²) < 4.78 is 21.8. The van der Waals surface area contributed by atoms with Crippen molar-refractivity contribution in [3.05, 3.63) is 71.8 Å². The zero-order valence-electron chi connectivity index (χ0n) is 15.8. The molecule has 0 N–H and O–H groups in total. The topological polar surface area (TPSA) is 43.5 Å². The van der Waals surface area contributed by atoms with E-state index in [0.717, 1.165) is 37.6 Å². The van der Waals surface area contributed by atoms with E-state index in [2.05, 4.69) is 36.4 Å². The van der Waals surface area contributed by atoms with Crippen molar-refractivity contribution in [2.45, 2.75) is 25.0 Å². The molecule has 4 heteroatoms. The van der Waals surface area contributed by atoms with Crippen LogP contribution in [0.3, 0.4) is 0 Å². The Morgan fingerprint density at radius 2 is 1.04 bits per heavy atom. The van der Waals surface area contributed by atoms with Crippen molar-refractivity contribution >= 4 is 11.1 Å². The molecule has 5 rings (SSSR count). The van der Waals surface area contributed by atoms with Gasteiger partial charge in [-0.3, -0.25) is 0 Å². The van der Waals surface area contributed by atoms with Crippen LogP contribution in [0.2, 0.25) is 0 Å². The molecule has 0 amide bonds. The van der Waals surface area contributed by atoms with Gasteiger partial charge in [0.1, 0.15) is 36.9 Å². The summed E-state index contributed by atoms with van der Waals surface area (Å²) in [4.78, 5) is 0. The monoisotopic (exact) mass is 376 g/mol. The first kappa shape index (κ1) is 17.5. The summed E-state index contributed by atoms with van der Waals surface area (Å²) in [5, 5.41) is 0. The minimum atomic E-state index is 0.289. The molecule has 0 radical (unpaired) electrons. The quantitative estimate of drug-likeness (QED) is 0.636. The van der Waals surface area contributed by atoms with Crippen LogP contribution < -0.4 is 9.47 Å². The van der Waals surface area contributed by atoms with E-state index < -0.39 is 0 Å². The maximum absolute atomic E-state index is 5.72. The average molecular weight is 376 g/mol. The molecule has 2 heterocycles. The molecule has 0 saturated carbocycles. The normalized spacial score (nSPS) is 22.9. The summed E-state index contributed by atoms with van der Waals surface area (Å²) in [5.41, 5.74) is 5.25. The molecule has 2 aromatic rings. The average Bonchev–Trinajstić information content (AvgIpc) is 3.67. The molecule has 2 atom stereocenters. The molecule has 3 aliphatic rings. The molecule has 2 fully saturated rings. The predicted molar refractivity (Wildman–Crippen MR) is 109 cm³/mol. The van der Waals surface area contributed by atoms with Crippen LogP contribution in [-0.4, -0.2) is 38.6 Å². The van der Waals surface area contributed by atoms with Crippen LogP contribution in [0.25, 0.3) is 11.1 Å². The van der Waals surface area contributed by atoms with Crippen molar-refractivity contribution in [1.29, 1.82) is 0 Å². The Labute approximate surface area is 165 Å². The summed E-state index contributed by atoms with van der Waals surface area (Å²) in [5.74, 6) is 1.81. The number of rotatable bonds is 8. The van der Waals surface area contributed by atoms with Gasteiger partial charge in [0.05, 0.1) is 13.2 Å². The molecule has 2 aromatic carbocycles. The zero-order valence-corrected chi connectivity index (χ0v) is 15.8. The number of allylic oxidation sites excluding steroid dienone is 4. The molecular formula is C24H24O4. The number of benzene rings is 2. The van der Waals surface area contributed by atoms with Crippen LogP contribution in [0, 0.1) is 0 Å². The number of ether oxygens (including phenoxy) is 4. The van der Waals surface area contributed by atoms with Crippen molar-refractivity contribution in [2.24, 2.45) is 0 Å². The van der Waals surface area contributed by atoms with Gasteiger partial charge in [-0.15, -0.1) is 0 Å². The first-order valence-electron chi connectivity index (χ1n) is 9.93. The van der Waals surface area contributed by atoms with Crippen LogP contribution in [0.15, 0.2) is 60.7 Å². The number of epoxide rings is 2. The largest absolute Gasteiger partial charge is 0.491 e. The van der Waals surface area contributed by atoms with Crippen molar-refractivity contribution in [1.82, 2.24) is 0 Å². The maximum atomic E-state index is 5.72. The van der Waals surface area contributed by atoms with Gasteiger partial charge < -0.3 is 18.9 Å². The second kappa shape index (κ2) is 7.82. The van der Waals surface area contributed by atoms with Crippen LogP contribution >= 0.6 is 0 Å². The Bertz CT molecular complexity index is 796. The van der Waals surface area contributed by atoms with Gasteiger partial charge in [-0.25, -0.2) is 0 Å². The third-order valence-corrected chi connectivity index (χ3v) is 5.28. The van der Waals surface area contributed by atoms with E-state index in [1.165, 1.54) is 22.3 Å². The highest BCUT2D eigenvalue weighted by Gasteiger charge is 2.23. The van der Waals surface area contributed by atoms with E-state index in [1.807, 2.05) is 24.3 Å². The second-order valence-corrected chi connectivity index (χ2v) is 7.47. The highest BCUT2D eigenvalue weighted by Crippen LogP contribution is 2.33. The fraction of sp³-hybridized carbons (Fsp3) is 0.333. The van der Waals surface area contributed by atoms with Crippen molar-refractivity contribution in [2.75, 3.05) is 26.4 Å². The summed E-state index contributed by atoms with van der Waals surface area (Å²) in [6.45, 7) is 2.94. The Balaban J connectivity index is 1.21. The Morgan fingerprint density at radius 3 is 1.36 bits per heavy atom. The number of hydrogen-bond donors (Lipinski definition) is 0. The third-order valence-electron chi connectivity index (χ3n) is 5.28. The fourth-order valence-corrected chi connectivity index (χ4v) is 3.36. The van der Waals surface area contributed by atoms with Crippen molar-refractivity contribution in [3.63, 3.8) is 0 Å². The lowest BCUT2D eigenvalue weighted by atomic mass is 9.90. The third kappa shape index (κ3) is 4.46. The zero-order chi connectivity index (χ0) is 18.8. The van der Waals surface area contributed by atoms with Gasteiger partial charge in [-0.1, -0.05) is 36.4 Å². The van der Waals surface area contributed by atoms with Gasteiger partial charge in [-0.05, 0) is 59.4 Å². The van der Waals surface area contributed by atoms with Gasteiger partial charge in [0, 0.05) is 0 Å². The highest BCUT2D eigenvalue weighted by molar-refractivity contribution is 5.78. The van der Waals surface area contributed by atoms with Crippen LogP contribution in [-0.2, 0) is 9.47 Å². The smallest absolute Gasteiger partial charge is 0.119 e. The molecule has 2 aliphatic heterocycles. The summed E-state index contributed by atoms with van der Waals surface area (Å²) in [6.07, 6.45) is 7.14. The molecule has 144 valence electrons. The van der Waals surface area contributed by atoms with E-state index >= 15 is 0 Å². The van der Waals surface area contributed by atoms with Crippen molar-refractivity contribution < 1.29 is 18.9 Å². The van der Waals surface area contributed by atoms with Gasteiger partial charge in [0.15, 0.2) is 0 Å². The van der Waals surface area contributed by atoms with E-state index in [-0.39, 0.29) is 12.2 Å². The van der Waals surface area contributed by atoms with Gasteiger partial charge in [0.25, 0.3) is 0 Å². The number of hydrogen-bond acceptors (Lipinski definition) is 4. The molecule has 0 bridgehead atoms. The second-order valence-electron chi connectivity index (χ2n) is 7.47. The van der Waals surface area contributed by atoms with Crippen LogP contribution in [0.4, 0.5) is 0 Å². The van der Waals surface area contributed by atoms with Crippen molar-refractivity contribution in [3.8, 4) is 11.5 Å². The molecule has 2 saturated heterocycles. The summed E-state index contributed by atoms with van der Waals surface area (Å²) in [6, 6.07) is 16.7. The fourth-order valence-electron chi connectivity index (χ4n) is 3.36. The standard InChI is InChI=1S/C24H24O4/c1-2-18(20-7-11-22(12-8-20)26-14-24-16-28-24)4-3-17(1)19-5-9-21(10-6-19)25-13-23-15-27-23/h1-2,5-12,23-24H,3-4,13-16H2. The SMILES string of the molecule is C1=C(c2ccc(OCC3CO3)cc2)CCC(c2ccc(OCC3CO3)cc2)=C1. The molecule has 1 aliphatic carbocycles. The molecule has 4 nitrogen and oxygen atoms in total. The molecule has 28 heavy (non-hydrogen) atoms. The van der Waals surface area contributed by atoms with Gasteiger partial charge >= 0.3 is 0 Å². The molecular weight excluding hydrogens is 352 g/mol. The molecule has 0 aromatic heterocycles.